The molecular weight excluding hydrogens is 228 g/mol. The maximum atomic E-state index is 11.7. The lowest BCUT2D eigenvalue weighted by atomic mass is 9.59. The van der Waals surface area contributed by atoms with Gasteiger partial charge in [-0.15, -0.1) is 0 Å². The van der Waals surface area contributed by atoms with Crippen molar-refractivity contribution in [3.05, 3.63) is 24.3 Å². The third-order valence-electron chi connectivity index (χ3n) is 4.54. The van der Waals surface area contributed by atoms with E-state index in [-0.39, 0.29) is 29.3 Å². The van der Waals surface area contributed by atoms with Crippen LogP contribution in [0.4, 0.5) is 0 Å². The Hall–Kier alpha value is -1.38. The fraction of sp³-hybridized carbons (Fsp3) is 0.600. The average Bonchev–Trinajstić information content (AvgIpc) is 2.54. The van der Waals surface area contributed by atoms with E-state index in [2.05, 4.69) is 20.1 Å². The van der Waals surface area contributed by atoms with Crippen molar-refractivity contribution in [3.63, 3.8) is 0 Å². The van der Waals surface area contributed by atoms with Gasteiger partial charge in [0.1, 0.15) is 12.4 Å². The summed E-state index contributed by atoms with van der Waals surface area (Å²) in [6, 6.07) is 0. The van der Waals surface area contributed by atoms with E-state index in [1.807, 2.05) is 6.92 Å². The van der Waals surface area contributed by atoms with Crippen molar-refractivity contribution in [2.75, 3.05) is 0 Å². The molecule has 3 nitrogen and oxygen atoms in total. The van der Waals surface area contributed by atoms with E-state index in [9.17, 15) is 9.59 Å². The van der Waals surface area contributed by atoms with Gasteiger partial charge >= 0.3 is 5.97 Å². The van der Waals surface area contributed by atoms with Crippen LogP contribution in [0.25, 0.3) is 0 Å². The molecule has 1 aliphatic heterocycles. The Morgan fingerprint density at radius 3 is 2.83 bits per heavy atom. The molecule has 0 aromatic heterocycles. The number of carbonyl (C=O) groups excluding carboxylic acids is 2. The Morgan fingerprint density at radius 1 is 1.61 bits per heavy atom. The largest absolute Gasteiger partial charge is 0.458 e. The van der Waals surface area contributed by atoms with E-state index in [0.717, 1.165) is 24.7 Å². The molecule has 1 heterocycles. The summed E-state index contributed by atoms with van der Waals surface area (Å²) in [4.78, 5) is 22.6. The normalized spacial score (nSPS) is 39.1. The van der Waals surface area contributed by atoms with Gasteiger partial charge in [-0.05, 0) is 25.2 Å². The molecule has 4 atom stereocenters. The molecule has 98 valence electrons. The first-order chi connectivity index (χ1) is 8.40. The second-order valence-corrected chi connectivity index (χ2v) is 5.89. The van der Waals surface area contributed by atoms with Crippen molar-refractivity contribution in [2.45, 2.75) is 39.2 Å². The van der Waals surface area contributed by atoms with E-state index in [1.165, 1.54) is 0 Å². The third-order valence-corrected chi connectivity index (χ3v) is 4.54. The number of ether oxygens (including phenoxy) is 1. The van der Waals surface area contributed by atoms with E-state index in [0.29, 0.717) is 12.0 Å². The first kappa shape index (κ1) is 13.1. The Labute approximate surface area is 108 Å². The SMILES string of the molecule is C=C(C)[C@@H]1[C@H]2OC(=O)C(=C)[C@@H]2CC[C@@]1(C)CC=O. The van der Waals surface area contributed by atoms with Crippen LogP contribution in [0.5, 0.6) is 0 Å². The van der Waals surface area contributed by atoms with Gasteiger partial charge in [-0.3, -0.25) is 0 Å². The lowest BCUT2D eigenvalue weighted by Crippen LogP contribution is -2.44. The molecular formula is C15H20O3. The molecule has 0 aromatic carbocycles. The van der Waals surface area contributed by atoms with Crippen molar-refractivity contribution in [3.8, 4) is 0 Å². The summed E-state index contributed by atoms with van der Waals surface area (Å²) in [7, 11) is 0. The molecule has 0 aromatic rings. The van der Waals surface area contributed by atoms with Crippen LogP contribution in [-0.2, 0) is 14.3 Å². The number of fused-ring (bicyclic) bond motifs is 1. The molecule has 1 saturated carbocycles. The van der Waals surface area contributed by atoms with E-state index in [1.54, 1.807) is 0 Å². The maximum absolute atomic E-state index is 11.7. The highest BCUT2D eigenvalue weighted by atomic mass is 16.6. The van der Waals surface area contributed by atoms with Gasteiger partial charge in [0.25, 0.3) is 0 Å². The zero-order valence-corrected chi connectivity index (χ0v) is 11.1. The van der Waals surface area contributed by atoms with Crippen LogP contribution in [0, 0.1) is 17.3 Å². The van der Waals surface area contributed by atoms with Gasteiger partial charge in [-0.2, -0.15) is 0 Å². The predicted octanol–water partition coefficient (Wildman–Crippen LogP) is 2.67. The van der Waals surface area contributed by atoms with Crippen molar-refractivity contribution in [1.82, 2.24) is 0 Å². The van der Waals surface area contributed by atoms with Gasteiger partial charge in [0, 0.05) is 23.8 Å². The highest BCUT2D eigenvalue weighted by Crippen LogP contribution is 2.53. The maximum Gasteiger partial charge on any atom is 0.334 e. The summed E-state index contributed by atoms with van der Waals surface area (Å²) in [5.41, 5.74) is 1.41. The van der Waals surface area contributed by atoms with Crippen LogP contribution >= 0.6 is 0 Å². The molecule has 1 saturated heterocycles. The number of hydrogen-bond acceptors (Lipinski definition) is 3. The fourth-order valence-corrected chi connectivity index (χ4v) is 3.60. The van der Waals surface area contributed by atoms with Gasteiger partial charge in [-0.1, -0.05) is 25.7 Å². The summed E-state index contributed by atoms with van der Waals surface area (Å²) >= 11 is 0. The van der Waals surface area contributed by atoms with Crippen molar-refractivity contribution < 1.29 is 14.3 Å². The van der Waals surface area contributed by atoms with Gasteiger partial charge in [0.05, 0.1) is 0 Å². The molecule has 0 radical (unpaired) electrons. The quantitative estimate of drug-likeness (QED) is 0.334. The van der Waals surface area contributed by atoms with Gasteiger partial charge in [-0.25, -0.2) is 4.79 Å². The van der Waals surface area contributed by atoms with Gasteiger partial charge < -0.3 is 9.53 Å². The fourth-order valence-electron chi connectivity index (χ4n) is 3.60. The Kier molecular flexibility index (Phi) is 3.18. The first-order valence-electron chi connectivity index (χ1n) is 6.39. The number of rotatable bonds is 3. The molecule has 2 rings (SSSR count). The lowest BCUT2D eigenvalue weighted by molar-refractivity contribution is -0.144. The standard InChI is InChI=1S/C15H20O3/c1-9(2)12-13-11(10(3)14(17)18-13)5-6-15(12,4)7-8-16/h8,11-13H,1,3,5-7H2,2,4H3/t11-,12+,13-,15-/m0/s1. The number of esters is 1. The predicted molar refractivity (Wildman–Crippen MR) is 68.8 cm³/mol. The van der Waals surface area contributed by atoms with Crippen molar-refractivity contribution >= 4 is 12.3 Å². The van der Waals surface area contributed by atoms with Crippen LogP contribution in [0.15, 0.2) is 24.3 Å². The molecule has 3 heteroatoms. The Balaban J connectivity index is 2.36. The number of hydrogen-bond donors (Lipinski definition) is 0. The van der Waals surface area contributed by atoms with Crippen LogP contribution in [-0.4, -0.2) is 18.4 Å². The molecule has 1 aliphatic carbocycles. The zero-order chi connectivity index (χ0) is 13.5. The van der Waals surface area contributed by atoms with E-state index in [4.69, 9.17) is 4.74 Å². The highest BCUT2D eigenvalue weighted by molar-refractivity contribution is 5.91. The Bertz CT molecular complexity index is 423. The minimum atomic E-state index is -0.286. The molecule has 0 amide bonds. The molecule has 0 bridgehead atoms. The van der Waals surface area contributed by atoms with E-state index < -0.39 is 0 Å². The monoisotopic (exact) mass is 248 g/mol. The second kappa shape index (κ2) is 4.38. The molecule has 0 spiro atoms. The molecule has 0 unspecified atom stereocenters. The average molecular weight is 248 g/mol. The second-order valence-electron chi connectivity index (χ2n) is 5.89. The van der Waals surface area contributed by atoms with Crippen LogP contribution in [0.3, 0.4) is 0 Å². The molecule has 18 heavy (non-hydrogen) atoms. The van der Waals surface area contributed by atoms with Crippen LogP contribution in [0.1, 0.15) is 33.1 Å². The molecule has 2 aliphatic rings. The number of aldehydes is 1. The molecule has 0 N–H and O–H groups in total. The number of carbonyl (C=O) groups is 2. The third kappa shape index (κ3) is 1.82. The summed E-state index contributed by atoms with van der Waals surface area (Å²) in [5.74, 6) is -0.143. The minimum absolute atomic E-state index is 0.0460. The summed E-state index contributed by atoms with van der Waals surface area (Å²) < 4.78 is 5.48. The van der Waals surface area contributed by atoms with Crippen LogP contribution in [0.2, 0.25) is 0 Å². The minimum Gasteiger partial charge on any atom is -0.458 e. The molecule has 2 fully saturated rings. The van der Waals surface area contributed by atoms with Crippen LogP contribution < -0.4 is 0 Å². The summed E-state index contributed by atoms with van der Waals surface area (Å²) in [5, 5.41) is 0. The Morgan fingerprint density at radius 2 is 2.28 bits per heavy atom. The summed E-state index contributed by atoms with van der Waals surface area (Å²) in [6.45, 7) is 11.9. The van der Waals surface area contributed by atoms with E-state index >= 15 is 0 Å². The zero-order valence-electron chi connectivity index (χ0n) is 11.1. The highest BCUT2D eigenvalue weighted by Gasteiger charge is 2.53. The lowest BCUT2D eigenvalue weighted by Gasteiger charge is -2.46. The van der Waals surface area contributed by atoms with Crippen molar-refractivity contribution in [2.24, 2.45) is 17.3 Å². The summed E-state index contributed by atoms with van der Waals surface area (Å²) in [6.07, 6.45) is 3.03. The van der Waals surface area contributed by atoms with Gasteiger partial charge in [0.15, 0.2) is 0 Å². The topological polar surface area (TPSA) is 43.4 Å². The van der Waals surface area contributed by atoms with Crippen molar-refractivity contribution in [1.29, 1.82) is 0 Å². The smallest absolute Gasteiger partial charge is 0.334 e. The van der Waals surface area contributed by atoms with Gasteiger partial charge in [0.2, 0.25) is 0 Å². The first-order valence-corrected chi connectivity index (χ1v) is 6.39.